The predicted octanol–water partition coefficient (Wildman–Crippen LogP) is 1.15. The molecule has 0 aliphatic carbocycles. The Labute approximate surface area is 104 Å². The number of ether oxygens (including phenoxy) is 1. The molecule has 0 bridgehead atoms. The van der Waals surface area contributed by atoms with Crippen molar-refractivity contribution in [2.24, 2.45) is 0 Å². The summed E-state index contributed by atoms with van der Waals surface area (Å²) in [6.07, 6.45) is 2.43. The van der Waals surface area contributed by atoms with Gasteiger partial charge in [0.05, 0.1) is 11.6 Å². The quantitative estimate of drug-likeness (QED) is 0.787. The molecule has 4 heteroatoms. The standard InChI is InChI=1S/C13H24N2O2/c1-12(2)9-14-13(3,4)11(16)15(12)8-10-6-5-7-17-10/h10,14H,5-9H2,1-4H3. The molecule has 1 atom stereocenters. The number of hydrogen-bond donors (Lipinski definition) is 1. The summed E-state index contributed by atoms with van der Waals surface area (Å²) < 4.78 is 5.65. The Morgan fingerprint density at radius 3 is 2.71 bits per heavy atom. The predicted molar refractivity (Wildman–Crippen MR) is 66.8 cm³/mol. The van der Waals surface area contributed by atoms with Crippen LogP contribution in [0.5, 0.6) is 0 Å². The van der Waals surface area contributed by atoms with Gasteiger partial charge in [0, 0.05) is 25.2 Å². The van der Waals surface area contributed by atoms with Crippen molar-refractivity contribution in [1.82, 2.24) is 10.2 Å². The van der Waals surface area contributed by atoms with Gasteiger partial charge in [0.2, 0.25) is 5.91 Å². The summed E-state index contributed by atoms with van der Waals surface area (Å²) in [7, 11) is 0. The Morgan fingerprint density at radius 2 is 2.12 bits per heavy atom. The first-order valence-corrected chi connectivity index (χ1v) is 6.52. The first-order chi connectivity index (χ1) is 7.83. The van der Waals surface area contributed by atoms with E-state index in [4.69, 9.17) is 4.74 Å². The van der Waals surface area contributed by atoms with E-state index in [1.807, 2.05) is 18.7 Å². The molecular formula is C13H24N2O2. The maximum atomic E-state index is 12.5. The maximum Gasteiger partial charge on any atom is 0.242 e. The van der Waals surface area contributed by atoms with E-state index in [2.05, 4.69) is 19.2 Å². The van der Waals surface area contributed by atoms with Gasteiger partial charge in [-0.05, 0) is 40.5 Å². The fraction of sp³-hybridized carbons (Fsp3) is 0.923. The molecule has 0 aromatic heterocycles. The van der Waals surface area contributed by atoms with Crippen molar-refractivity contribution in [2.45, 2.75) is 57.7 Å². The monoisotopic (exact) mass is 240 g/mol. The van der Waals surface area contributed by atoms with Crippen LogP contribution < -0.4 is 5.32 Å². The van der Waals surface area contributed by atoms with Crippen LogP contribution in [0.25, 0.3) is 0 Å². The second kappa shape index (κ2) is 4.25. The maximum absolute atomic E-state index is 12.5. The number of rotatable bonds is 2. The van der Waals surface area contributed by atoms with E-state index in [0.29, 0.717) is 0 Å². The minimum atomic E-state index is -0.450. The molecule has 4 nitrogen and oxygen atoms in total. The second-order valence-corrected chi connectivity index (χ2v) is 6.34. The number of carbonyl (C=O) groups excluding carboxylic acids is 1. The van der Waals surface area contributed by atoms with Crippen LogP contribution in [0.1, 0.15) is 40.5 Å². The van der Waals surface area contributed by atoms with Crippen molar-refractivity contribution in [2.75, 3.05) is 19.7 Å². The molecule has 0 aromatic carbocycles. The van der Waals surface area contributed by atoms with E-state index in [0.717, 1.165) is 32.5 Å². The molecule has 1 N–H and O–H groups in total. The van der Waals surface area contributed by atoms with Gasteiger partial charge in [-0.25, -0.2) is 0 Å². The van der Waals surface area contributed by atoms with Crippen LogP contribution in [0.15, 0.2) is 0 Å². The smallest absolute Gasteiger partial charge is 0.242 e. The van der Waals surface area contributed by atoms with Crippen molar-refractivity contribution >= 4 is 5.91 Å². The zero-order valence-electron chi connectivity index (χ0n) is 11.4. The summed E-state index contributed by atoms with van der Waals surface area (Å²) in [4.78, 5) is 14.5. The third-order valence-corrected chi connectivity index (χ3v) is 3.88. The topological polar surface area (TPSA) is 41.6 Å². The first kappa shape index (κ1) is 12.8. The van der Waals surface area contributed by atoms with Gasteiger partial charge >= 0.3 is 0 Å². The highest BCUT2D eigenvalue weighted by Gasteiger charge is 2.45. The summed E-state index contributed by atoms with van der Waals surface area (Å²) in [5.41, 5.74) is -0.577. The fourth-order valence-corrected chi connectivity index (χ4v) is 2.54. The van der Waals surface area contributed by atoms with Crippen molar-refractivity contribution in [3.63, 3.8) is 0 Å². The van der Waals surface area contributed by atoms with Crippen LogP contribution in [0.3, 0.4) is 0 Å². The molecule has 1 unspecified atom stereocenters. The second-order valence-electron chi connectivity index (χ2n) is 6.34. The fourth-order valence-electron chi connectivity index (χ4n) is 2.54. The average molecular weight is 240 g/mol. The molecule has 17 heavy (non-hydrogen) atoms. The Bertz CT molecular complexity index is 307. The third-order valence-electron chi connectivity index (χ3n) is 3.88. The van der Waals surface area contributed by atoms with E-state index in [1.54, 1.807) is 0 Å². The Balaban J connectivity index is 2.11. The lowest BCUT2D eigenvalue weighted by Crippen LogP contribution is -2.70. The van der Waals surface area contributed by atoms with Crippen molar-refractivity contribution < 1.29 is 9.53 Å². The summed E-state index contributed by atoms with van der Waals surface area (Å²) in [5, 5.41) is 3.32. The van der Waals surface area contributed by atoms with Crippen molar-refractivity contribution in [3.8, 4) is 0 Å². The van der Waals surface area contributed by atoms with Gasteiger partial charge in [0.15, 0.2) is 0 Å². The largest absolute Gasteiger partial charge is 0.376 e. The van der Waals surface area contributed by atoms with E-state index in [-0.39, 0.29) is 17.6 Å². The molecule has 0 radical (unpaired) electrons. The Morgan fingerprint density at radius 1 is 1.41 bits per heavy atom. The zero-order chi connectivity index (χ0) is 12.7. The molecule has 1 amide bonds. The van der Waals surface area contributed by atoms with Crippen LogP contribution in [0, 0.1) is 0 Å². The molecule has 2 aliphatic heterocycles. The average Bonchev–Trinajstić information content (AvgIpc) is 2.73. The zero-order valence-corrected chi connectivity index (χ0v) is 11.4. The lowest BCUT2D eigenvalue weighted by atomic mass is 9.90. The van der Waals surface area contributed by atoms with Gasteiger partial charge in [-0.3, -0.25) is 4.79 Å². The number of nitrogens with zero attached hydrogens (tertiary/aromatic N) is 1. The minimum Gasteiger partial charge on any atom is -0.376 e. The van der Waals surface area contributed by atoms with E-state index < -0.39 is 5.54 Å². The molecule has 0 saturated carbocycles. The summed E-state index contributed by atoms with van der Waals surface area (Å²) in [6, 6.07) is 0. The van der Waals surface area contributed by atoms with Gasteiger partial charge in [-0.15, -0.1) is 0 Å². The van der Waals surface area contributed by atoms with Gasteiger partial charge in [0.25, 0.3) is 0 Å². The molecule has 2 heterocycles. The summed E-state index contributed by atoms with van der Waals surface area (Å²) >= 11 is 0. The molecule has 2 rings (SSSR count). The molecule has 2 aliphatic rings. The van der Waals surface area contributed by atoms with Gasteiger partial charge in [-0.2, -0.15) is 0 Å². The van der Waals surface area contributed by atoms with Crippen LogP contribution in [-0.4, -0.2) is 47.7 Å². The number of hydrogen-bond acceptors (Lipinski definition) is 3. The minimum absolute atomic E-state index is 0.126. The van der Waals surface area contributed by atoms with E-state index in [9.17, 15) is 4.79 Å². The lowest BCUT2D eigenvalue weighted by Gasteiger charge is -2.49. The molecule has 98 valence electrons. The highest BCUT2D eigenvalue weighted by Crippen LogP contribution is 2.26. The highest BCUT2D eigenvalue weighted by molar-refractivity contribution is 5.87. The van der Waals surface area contributed by atoms with E-state index in [1.165, 1.54) is 0 Å². The number of nitrogens with one attached hydrogen (secondary N) is 1. The first-order valence-electron chi connectivity index (χ1n) is 6.52. The Hall–Kier alpha value is -0.610. The SMILES string of the molecule is CC1(C)NCC(C)(C)N(CC2CCCO2)C1=O. The van der Waals surface area contributed by atoms with Gasteiger partial charge < -0.3 is 15.0 Å². The third kappa shape index (κ3) is 2.47. The van der Waals surface area contributed by atoms with Crippen LogP contribution in [0.4, 0.5) is 0 Å². The number of piperazine rings is 1. The van der Waals surface area contributed by atoms with Crippen molar-refractivity contribution in [3.05, 3.63) is 0 Å². The van der Waals surface area contributed by atoms with Crippen LogP contribution >= 0.6 is 0 Å². The van der Waals surface area contributed by atoms with Gasteiger partial charge in [0.1, 0.15) is 0 Å². The normalized spacial score (nSPS) is 31.9. The molecule has 2 fully saturated rings. The molecule has 2 saturated heterocycles. The summed E-state index contributed by atoms with van der Waals surface area (Å²) in [5.74, 6) is 0.184. The highest BCUT2D eigenvalue weighted by atomic mass is 16.5. The van der Waals surface area contributed by atoms with Crippen molar-refractivity contribution in [1.29, 1.82) is 0 Å². The molecular weight excluding hydrogens is 216 g/mol. The van der Waals surface area contributed by atoms with Crippen LogP contribution in [0.2, 0.25) is 0 Å². The number of amides is 1. The molecule has 0 spiro atoms. The molecule has 0 aromatic rings. The lowest BCUT2D eigenvalue weighted by molar-refractivity contribution is -0.150. The summed E-state index contributed by atoms with van der Waals surface area (Å²) in [6.45, 7) is 10.5. The van der Waals surface area contributed by atoms with E-state index >= 15 is 0 Å². The Kier molecular flexibility index (Phi) is 3.21. The number of carbonyl (C=O) groups is 1. The van der Waals surface area contributed by atoms with Crippen LogP contribution in [-0.2, 0) is 9.53 Å². The van der Waals surface area contributed by atoms with Gasteiger partial charge in [-0.1, -0.05) is 0 Å².